The van der Waals surface area contributed by atoms with Gasteiger partial charge in [-0.25, -0.2) is 8.42 Å². The zero-order valence-electron chi connectivity index (χ0n) is 16.3. The van der Waals surface area contributed by atoms with Crippen LogP contribution in [0.15, 0.2) is 59.5 Å². The average Bonchev–Trinajstić information content (AvgIpc) is 3.01. The fourth-order valence-electron chi connectivity index (χ4n) is 3.41. The van der Waals surface area contributed by atoms with Gasteiger partial charge in [-0.2, -0.15) is 13.2 Å². The van der Waals surface area contributed by atoms with Crippen molar-refractivity contribution >= 4 is 26.5 Å². The molecule has 5 nitrogen and oxygen atoms in total. The highest BCUT2D eigenvalue weighted by atomic mass is 32.2. The number of nitrogens with zero attached hydrogens (tertiary/aromatic N) is 1. The Bertz CT molecular complexity index is 1170. The molecular formula is C21H20F3NO4S. The van der Waals surface area contributed by atoms with Crippen molar-refractivity contribution in [2.75, 3.05) is 12.9 Å². The lowest BCUT2D eigenvalue weighted by Gasteiger charge is -2.21. The summed E-state index contributed by atoms with van der Waals surface area (Å²) >= 11 is 0. The van der Waals surface area contributed by atoms with E-state index in [4.69, 9.17) is 4.74 Å². The number of aryl methyl sites for hydroxylation is 1. The van der Waals surface area contributed by atoms with E-state index in [9.17, 15) is 26.4 Å². The number of hydrogen-bond acceptors (Lipinski definition) is 4. The molecule has 0 aliphatic carbocycles. The quantitative estimate of drug-likeness (QED) is 0.552. The molecule has 0 fully saturated rings. The molecule has 0 saturated carbocycles. The van der Waals surface area contributed by atoms with Gasteiger partial charge in [0.05, 0.1) is 12.0 Å². The molecule has 1 atom stereocenters. The third-order valence-electron chi connectivity index (χ3n) is 4.92. The van der Waals surface area contributed by atoms with Gasteiger partial charge in [-0.15, -0.1) is 0 Å². The fourth-order valence-corrected chi connectivity index (χ4v) is 4.69. The van der Waals surface area contributed by atoms with Gasteiger partial charge < -0.3 is 9.30 Å². The van der Waals surface area contributed by atoms with E-state index in [1.807, 2.05) is 0 Å². The number of rotatable bonds is 7. The van der Waals surface area contributed by atoms with E-state index < -0.39 is 39.9 Å². The number of aromatic nitrogens is 1. The van der Waals surface area contributed by atoms with Crippen LogP contribution in [0.5, 0.6) is 5.75 Å². The number of benzene rings is 2. The Labute approximate surface area is 172 Å². The molecule has 1 aromatic heterocycles. The first-order valence-electron chi connectivity index (χ1n) is 9.02. The van der Waals surface area contributed by atoms with Crippen molar-refractivity contribution in [2.24, 2.45) is 7.05 Å². The number of carbonyl (C=O) groups excluding carboxylic acids is 1. The van der Waals surface area contributed by atoms with E-state index in [-0.39, 0.29) is 10.6 Å². The van der Waals surface area contributed by atoms with E-state index in [0.717, 1.165) is 0 Å². The molecule has 0 aliphatic heterocycles. The van der Waals surface area contributed by atoms with Gasteiger partial charge in [0.25, 0.3) is 0 Å². The molecule has 2 aromatic carbocycles. The molecule has 0 spiro atoms. The number of alkyl halides is 3. The summed E-state index contributed by atoms with van der Waals surface area (Å²) in [5.74, 6) is -3.61. The highest BCUT2D eigenvalue weighted by Gasteiger charge is 2.44. The van der Waals surface area contributed by atoms with Gasteiger partial charge in [-0.3, -0.25) is 4.79 Å². The lowest BCUT2D eigenvalue weighted by atomic mass is 9.98. The molecule has 0 bridgehead atoms. The molecule has 9 heteroatoms. The molecule has 1 heterocycles. The van der Waals surface area contributed by atoms with Crippen LogP contribution in [0.25, 0.3) is 10.9 Å². The molecule has 160 valence electrons. The molecule has 0 amide bonds. The summed E-state index contributed by atoms with van der Waals surface area (Å²) in [5.41, 5.74) is 0.431. The zero-order chi connectivity index (χ0) is 22.1. The number of halogens is 3. The van der Waals surface area contributed by atoms with Gasteiger partial charge in [0.2, 0.25) is 0 Å². The van der Waals surface area contributed by atoms with Crippen molar-refractivity contribution in [3.8, 4) is 5.75 Å². The van der Waals surface area contributed by atoms with Gasteiger partial charge in [0.1, 0.15) is 23.2 Å². The first-order valence-corrected chi connectivity index (χ1v) is 10.7. The molecule has 30 heavy (non-hydrogen) atoms. The zero-order valence-corrected chi connectivity index (χ0v) is 17.1. The Kier molecular flexibility index (Phi) is 5.94. The average molecular weight is 439 g/mol. The Balaban J connectivity index is 1.92. The number of ketones is 1. The first-order chi connectivity index (χ1) is 14.0. The van der Waals surface area contributed by atoms with Gasteiger partial charge >= 0.3 is 6.18 Å². The normalized spacial score (nSPS) is 13.4. The summed E-state index contributed by atoms with van der Waals surface area (Å²) in [7, 11) is -1.08. The molecular weight excluding hydrogens is 419 g/mol. The Morgan fingerprint density at radius 1 is 1.10 bits per heavy atom. The van der Waals surface area contributed by atoms with Gasteiger partial charge in [0, 0.05) is 30.1 Å². The van der Waals surface area contributed by atoms with E-state index >= 15 is 0 Å². The molecule has 0 radical (unpaired) electrons. The topological polar surface area (TPSA) is 65.4 Å². The molecule has 3 aromatic rings. The predicted molar refractivity (Wildman–Crippen MR) is 106 cm³/mol. The molecule has 0 unspecified atom stereocenters. The minimum atomic E-state index is -4.72. The van der Waals surface area contributed by atoms with Crippen molar-refractivity contribution in [3.05, 3.63) is 60.3 Å². The Morgan fingerprint density at radius 2 is 1.77 bits per heavy atom. The van der Waals surface area contributed by atoms with Crippen LogP contribution < -0.4 is 4.74 Å². The maximum absolute atomic E-state index is 13.8. The Morgan fingerprint density at radius 3 is 2.37 bits per heavy atom. The summed E-state index contributed by atoms with van der Waals surface area (Å²) in [6, 6.07) is 13.4. The lowest BCUT2D eigenvalue weighted by molar-refractivity contribution is -0.157. The second-order valence-corrected chi connectivity index (χ2v) is 8.95. The van der Waals surface area contributed by atoms with Crippen LogP contribution in [0.4, 0.5) is 13.2 Å². The van der Waals surface area contributed by atoms with Crippen molar-refractivity contribution in [3.63, 3.8) is 0 Å². The SMILES string of the molecule is COc1ccc2c(c1)cc([C@H](CC(=O)CS(=O)(=O)c1ccccc1)C(F)(F)F)n2C. The Hall–Kier alpha value is -2.81. The number of methoxy groups -OCH3 is 1. The number of carbonyl (C=O) groups is 1. The highest BCUT2D eigenvalue weighted by molar-refractivity contribution is 7.92. The molecule has 3 rings (SSSR count). The van der Waals surface area contributed by atoms with E-state index in [1.165, 1.54) is 49.1 Å². The second-order valence-electron chi connectivity index (χ2n) is 6.96. The maximum Gasteiger partial charge on any atom is 0.397 e. The summed E-state index contributed by atoms with van der Waals surface area (Å²) in [6.45, 7) is 0. The van der Waals surface area contributed by atoms with Crippen LogP contribution in [0.3, 0.4) is 0 Å². The maximum atomic E-state index is 13.8. The van der Waals surface area contributed by atoms with Crippen LogP contribution in [0, 0.1) is 0 Å². The number of fused-ring (bicyclic) bond motifs is 1. The van der Waals surface area contributed by atoms with Crippen LogP contribution in [-0.2, 0) is 21.7 Å². The smallest absolute Gasteiger partial charge is 0.397 e. The van der Waals surface area contributed by atoms with Crippen molar-refractivity contribution in [1.29, 1.82) is 0 Å². The van der Waals surface area contributed by atoms with Crippen LogP contribution in [0.1, 0.15) is 18.0 Å². The van der Waals surface area contributed by atoms with Gasteiger partial charge in [-0.1, -0.05) is 18.2 Å². The van der Waals surface area contributed by atoms with Crippen molar-refractivity contribution < 1.29 is 31.1 Å². The van der Waals surface area contributed by atoms with Gasteiger partial charge in [-0.05, 0) is 36.4 Å². The first kappa shape index (κ1) is 21.9. The molecule has 0 N–H and O–H groups in total. The highest BCUT2D eigenvalue weighted by Crippen LogP contribution is 2.40. The van der Waals surface area contributed by atoms with Gasteiger partial charge in [0.15, 0.2) is 9.84 Å². The van der Waals surface area contributed by atoms with E-state index in [1.54, 1.807) is 24.3 Å². The number of hydrogen-bond donors (Lipinski definition) is 0. The summed E-state index contributed by atoms with van der Waals surface area (Å²) in [6.07, 6.45) is -5.69. The lowest BCUT2D eigenvalue weighted by Crippen LogP contribution is -2.28. The predicted octanol–water partition coefficient (Wildman–Crippen LogP) is 4.27. The molecule has 0 aliphatic rings. The standard InChI is InChI=1S/C21H20F3NO4S/c1-25-19-9-8-16(29-2)10-14(19)11-20(25)18(21(22,23)24)12-15(26)13-30(27,28)17-6-4-3-5-7-17/h3-11,18H,12-13H2,1-2H3/t18-/m0/s1. The van der Waals surface area contributed by atoms with Crippen LogP contribution >= 0.6 is 0 Å². The molecule has 0 saturated heterocycles. The van der Waals surface area contributed by atoms with Crippen molar-refractivity contribution in [2.45, 2.75) is 23.4 Å². The number of Topliss-reactive ketones (excluding diaryl/α,β-unsaturated/α-hetero) is 1. The summed E-state index contributed by atoms with van der Waals surface area (Å²) in [4.78, 5) is 12.3. The van der Waals surface area contributed by atoms with Crippen molar-refractivity contribution in [1.82, 2.24) is 4.57 Å². The minimum Gasteiger partial charge on any atom is -0.497 e. The van der Waals surface area contributed by atoms with E-state index in [2.05, 4.69) is 0 Å². The largest absolute Gasteiger partial charge is 0.497 e. The summed E-state index contributed by atoms with van der Waals surface area (Å²) in [5, 5.41) is 0.533. The van der Waals surface area contributed by atoms with Crippen LogP contribution in [0.2, 0.25) is 0 Å². The second kappa shape index (κ2) is 8.14. The minimum absolute atomic E-state index is 0.0985. The number of ether oxygens (including phenoxy) is 1. The van der Waals surface area contributed by atoms with E-state index in [0.29, 0.717) is 16.7 Å². The number of sulfone groups is 1. The summed E-state index contributed by atoms with van der Waals surface area (Å²) < 4.78 is 72.7. The third-order valence-corrected chi connectivity index (χ3v) is 6.62. The monoisotopic (exact) mass is 439 g/mol. The fraction of sp³-hybridized carbons (Fsp3) is 0.286. The van der Waals surface area contributed by atoms with Crippen LogP contribution in [-0.4, -0.2) is 37.8 Å². The third kappa shape index (κ3) is 4.51.